The third kappa shape index (κ3) is 7.44. The Morgan fingerprint density at radius 2 is 1.50 bits per heavy atom. The molecule has 0 spiro atoms. The van der Waals surface area contributed by atoms with Crippen LogP contribution in [0.1, 0.15) is 88.6 Å². The number of halogens is 1. The summed E-state index contributed by atoms with van der Waals surface area (Å²) < 4.78 is 23.0. The van der Waals surface area contributed by atoms with E-state index in [1.165, 1.54) is 16.7 Å². The molecule has 8 heteroatoms. The molecule has 0 radical (unpaired) electrons. The van der Waals surface area contributed by atoms with Gasteiger partial charge in [-0.3, -0.25) is 9.78 Å². The van der Waals surface area contributed by atoms with Crippen LogP contribution in [0.25, 0.3) is 10.8 Å². The molecule has 2 saturated carbocycles. The van der Waals surface area contributed by atoms with E-state index in [0.29, 0.717) is 56.2 Å². The predicted molar refractivity (Wildman–Crippen MR) is 201 cm³/mol. The van der Waals surface area contributed by atoms with Crippen molar-refractivity contribution in [3.05, 3.63) is 94.8 Å². The van der Waals surface area contributed by atoms with Gasteiger partial charge in [-0.25, -0.2) is 0 Å². The largest absolute Gasteiger partial charge is 0.508 e. The van der Waals surface area contributed by atoms with Gasteiger partial charge in [-0.1, -0.05) is 30.7 Å². The normalized spacial score (nSPS) is 20.3. The highest BCUT2D eigenvalue weighted by Gasteiger charge is 2.52. The number of fused-ring (bicyclic) bond motifs is 6. The maximum absolute atomic E-state index is 12.2. The van der Waals surface area contributed by atoms with E-state index >= 15 is 0 Å². The van der Waals surface area contributed by atoms with Crippen LogP contribution in [-0.2, 0) is 17.6 Å². The lowest BCUT2D eigenvalue weighted by atomic mass is 9.60. The van der Waals surface area contributed by atoms with Crippen molar-refractivity contribution in [1.29, 1.82) is 0 Å². The second kappa shape index (κ2) is 16.2. The number of ether oxygens (including phenoxy) is 4. The zero-order valence-electron chi connectivity index (χ0n) is 29.9. The summed E-state index contributed by atoms with van der Waals surface area (Å²) in [7, 11) is 0. The van der Waals surface area contributed by atoms with E-state index in [2.05, 4.69) is 30.1 Å². The number of phenolic OH excluding ortho intramolecular Hbond substituents is 1. The zero-order valence-corrected chi connectivity index (χ0v) is 30.7. The van der Waals surface area contributed by atoms with Gasteiger partial charge in [0, 0.05) is 35.8 Å². The first-order valence-corrected chi connectivity index (χ1v) is 17.9. The number of pyridine rings is 1. The predicted octanol–water partition coefficient (Wildman–Crippen LogP) is 9.58. The summed E-state index contributed by atoms with van der Waals surface area (Å²) in [4.78, 5) is 16.9. The van der Waals surface area contributed by atoms with E-state index in [1.54, 1.807) is 6.07 Å². The highest BCUT2D eigenvalue weighted by molar-refractivity contribution is 5.89. The Hall–Kier alpha value is -4.23. The first-order chi connectivity index (χ1) is 23.8. The van der Waals surface area contributed by atoms with E-state index < -0.39 is 0 Å². The van der Waals surface area contributed by atoms with Crippen LogP contribution in [0.3, 0.4) is 0 Å². The molecule has 266 valence electrons. The Kier molecular flexibility index (Phi) is 12.0. The van der Waals surface area contributed by atoms with Crippen molar-refractivity contribution in [2.24, 2.45) is 11.3 Å². The molecular formula is C42H50ClNO6. The van der Waals surface area contributed by atoms with Crippen LogP contribution in [0, 0.1) is 11.3 Å². The molecule has 1 aromatic heterocycles. The summed E-state index contributed by atoms with van der Waals surface area (Å²) in [6, 6.07) is 17.9. The molecule has 7 nitrogen and oxygen atoms in total. The molecule has 3 aliphatic carbocycles. The number of benzene rings is 3. The van der Waals surface area contributed by atoms with Crippen molar-refractivity contribution in [2.45, 2.75) is 79.1 Å². The molecule has 1 heterocycles. The average Bonchev–Trinajstić information content (AvgIpc) is 3.40. The quantitative estimate of drug-likeness (QED) is 0.165. The minimum absolute atomic E-state index is 0. The van der Waals surface area contributed by atoms with Gasteiger partial charge in [0.1, 0.15) is 11.5 Å². The number of aromatic nitrogens is 1. The first kappa shape index (κ1) is 37.0. The monoisotopic (exact) mass is 699 g/mol. The topological polar surface area (TPSA) is 87.1 Å². The number of carbonyl (C=O) groups is 1. The highest BCUT2D eigenvalue weighted by Crippen LogP contribution is 2.58. The lowest BCUT2D eigenvalue weighted by molar-refractivity contribution is -0.126. The molecule has 0 bridgehead atoms. The molecule has 7 rings (SSSR count). The van der Waals surface area contributed by atoms with E-state index in [1.807, 2.05) is 70.3 Å². The van der Waals surface area contributed by atoms with E-state index in [9.17, 15) is 9.90 Å². The number of hydrogen-bond acceptors (Lipinski definition) is 7. The number of allylic oxidation sites excluding steroid dienone is 2. The van der Waals surface area contributed by atoms with Crippen LogP contribution in [0.4, 0.5) is 0 Å². The van der Waals surface area contributed by atoms with Gasteiger partial charge in [0.15, 0.2) is 23.0 Å². The average molecular weight is 700 g/mol. The minimum atomic E-state index is -0.100. The fourth-order valence-corrected chi connectivity index (χ4v) is 8.05. The van der Waals surface area contributed by atoms with Crippen LogP contribution in [0.5, 0.6) is 28.7 Å². The van der Waals surface area contributed by atoms with Gasteiger partial charge < -0.3 is 24.1 Å². The molecule has 1 N–H and O–H groups in total. The van der Waals surface area contributed by atoms with Crippen molar-refractivity contribution in [3.8, 4) is 28.7 Å². The van der Waals surface area contributed by atoms with E-state index in [4.69, 9.17) is 18.9 Å². The number of carbonyl (C=O) groups excluding carboxylic acids is 1. The molecule has 3 aromatic carbocycles. The number of aromatic hydroxyl groups is 1. The molecule has 3 aliphatic rings. The Balaban J connectivity index is 0.000000202. The third-order valence-corrected chi connectivity index (χ3v) is 10.4. The highest BCUT2D eigenvalue weighted by atomic mass is 35.5. The molecule has 2 fully saturated rings. The number of hydrogen-bond donors (Lipinski definition) is 1. The van der Waals surface area contributed by atoms with Gasteiger partial charge in [0.25, 0.3) is 0 Å². The maximum Gasteiger partial charge on any atom is 0.161 e. The number of ketones is 1. The Morgan fingerprint density at radius 1 is 0.820 bits per heavy atom. The summed E-state index contributed by atoms with van der Waals surface area (Å²) >= 11 is 0. The van der Waals surface area contributed by atoms with Gasteiger partial charge in [-0.05, 0) is 124 Å². The Bertz CT molecular complexity index is 1850. The summed E-state index contributed by atoms with van der Waals surface area (Å²) in [5.74, 6) is 4.80. The van der Waals surface area contributed by atoms with Gasteiger partial charge in [0.05, 0.1) is 32.1 Å². The van der Waals surface area contributed by atoms with Crippen LogP contribution in [0.2, 0.25) is 0 Å². The van der Waals surface area contributed by atoms with Gasteiger partial charge >= 0.3 is 0 Å². The van der Waals surface area contributed by atoms with Crippen LogP contribution in [0.15, 0.2) is 72.4 Å². The zero-order chi connectivity index (χ0) is 34.5. The molecule has 4 aromatic rings. The van der Waals surface area contributed by atoms with Crippen LogP contribution >= 0.6 is 12.4 Å². The van der Waals surface area contributed by atoms with Crippen LogP contribution in [-0.4, -0.2) is 42.3 Å². The molecule has 0 amide bonds. The molecule has 0 saturated heterocycles. The fraction of sp³-hybridized carbons (Fsp3) is 0.429. The Labute approximate surface area is 302 Å². The third-order valence-electron chi connectivity index (χ3n) is 10.4. The van der Waals surface area contributed by atoms with Gasteiger partial charge in [-0.15, -0.1) is 12.4 Å². The SMILES string of the molecule is CC12CCC3C(=CCc4cc(O)ccc43)C1CCC2=O.CCOc1ccc(Cc2nccc3cc(OCC)c(OCC)cc23)cc1OCC.Cl. The first-order valence-electron chi connectivity index (χ1n) is 17.9. The lowest BCUT2D eigenvalue weighted by Crippen LogP contribution is -2.37. The number of rotatable bonds is 10. The lowest BCUT2D eigenvalue weighted by Gasteiger charge is -2.43. The molecule has 0 aliphatic heterocycles. The summed E-state index contributed by atoms with van der Waals surface area (Å²) in [6.07, 6.45) is 9.64. The number of nitrogens with zero attached hydrogens (tertiary/aromatic N) is 1. The minimum Gasteiger partial charge on any atom is -0.508 e. The molecule has 50 heavy (non-hydrogen) atoms. The Morgan fingerprint density at radius 3 is 2.22 bits per heavy atom. The number of Topliss-reactive ketones (excluding diaryl/α,β-unsaturated/α-hetero) is 1. The molecule has 3 atom stereocenters. The van der Waals surface area contributed by atoms with E-state index in [0.717, 1.165) is 77.1 Å². The van der Waals surface area contributed by atoms with E-state index in [-0.39, 0.29) is 17.8 Å². The second-order valence-corrected chi connectivity index (χ2v) is 13.3. The van der Waals surface area contributed by atoms with Crippen LogP contribution < -0.4 is 18.9 Å². The fourth-order valence-electron chi connectivity index (χ4n) is 8.05. The molecular weight excluding hydrogens is 650 g/mol. The summed E-state index contributed by atoms with van der Waals surface area (Å²) in [6.45, 7) is 12.4. The van der Waals surface area contributed by atoms with Crippen molar-refractivity contribution in [2.75, 3.05) is 26.4 Å². The van der Waals surface area contributed by atoms with Gasteiger partial charge in [0.2, 0.25) is 0 Å². The van der Waals surface area contributed by atoms with Crippen molar-refractivity contribution in [1.82, 2.24) is 4.98 Å². The number of phenols is 1. The summed E-state index contributed by atoms with van der Waals surface area (Å²) in [5.41, 5.74) is 6.13. The van der Waals surface area contributed by atoms with Crippen molar-refractivity contribution >= 4 is 29.0 Å². The standard InChI is InChI=1S/C24H29NO4.C18H20O2.ClH/c1-5-26-21-10-9-17(14-22(21)27-6-2)13-20-19-16-24(29-8-4)23(28-7-3)15-18(19)11-12-25-20;1-18-9-8-14-13-5-3-12(19)10-11(13)2-4-15(14)16(18)6-7-17(18)20;/h9-12,14-16H,5-8,13H2,1-4H3;3-5,10,14,16,19H,2,6-9H2,1H3;1H. The smallest absolute Gasteiger partial charge is 0.161 e. The second-order valence-electron chi connectivity index (χ2n) is 13.3. The van der Waals surface area contributed by atoms with Gasteiger partial charge in [-0.2, -0.15) is 0 Å². The molecule has 3 unspecified atom stereocenters. The van der Waals surface area contributed by atoms with Crippen molar-refractivity contribution in [3.63, 3.8) is 0 Å². The van der Waals surface area contributed by atoms with Crippen molar-refractivity contribution < 1.29 is 28.8 Å². The summed E-state index contributed by atoms with van der Waals surface area (Å²) in [5, 5.41) is 11.8. The maximum atomic E-state index is 12.2.